The summed E-state index contributed by atoms with van der Waals surface area (Å²) in [5.41, 5.74) is 3.84. The summed E-state index contributed by atoms with van der Waals surface area (Å²) in [5, 5.41) is 11.5. The lowest BCUT2D eigenvalue weighted by Crippen LogP contribution is -1.98. The third-order valence-corrected chi connectivity index (χ3v) is 6.12. The standard InChI is InChI=1S/C24H19FN4O2S/c1-30-18-6-3-7-19(12-18)32-23-20-14-26-13-16(20)8-9-21(23)27-24-29-28-22(31-24)11-15-4-2-5-17(25)10-15/h2-10,12,14H,11,13H2,1H3,(H,27,29). The SMILES string of the molecule is COc1cccc(Sc2c(Nc3nnc(Cc4cccc(F)c4)o3)ccc3c2C=NC3)c1. The summed E-state index contributed by atoms with van der Waals surface area (Å²) in [4.78, 5) is 6.48. The van der Waals surface area contributed by atoms with Gasteiger partial charge in [0, 0.05) is 21.6 Å². The highest BCUT2D eigenvalue weighted by Crippen LogP contribution is 2.40. The Bertz CT molecular complexity index is 1300. The number of benzene rings is 3. The van der Waals surface area contributed by atoms with E-state index in [4.69, 9.17) is 9.15 Å². The van der Waals surface area contributed by atoms with Crippen molar-refractivity contribution in [1.82, 2.24) is 10.2 Å². The minimum atomic E-state index is -0.292. The van der Waals surface area contributed by atoms with E-state index >= 15 is 0 Å². The van der Waals surface area contributed by atoms with Gasteiger partial charge in [-0.3, -0.25) is 4.99 Å². The fraction of sp³-hybridized carbons (Fsp3) is 0.125. The lowest BCUT2D eigenvalue weighted by molar-refractivity contribution is 0.413. The van der Waals surface area contributed by atoms with E-state index in [0.717, 1.165) is 32.4 Å². The maximum absolute atomic E-state index is 13.4. The summed E-state index contributed by atoms with van der Waals surface area (Å²) in [6.07, 6.45) is 2.25. The van der Waals surface area contributed by atoms with Crippen LogP contribution in [0.5, 0.6) is 5.75 Å². The van der Waals surface area contributed by atoms with E-state index in [1.807, 2.05) is 48.7 Å². The third-order valence-electron chi connectivity index (χ3n) is 4.98. The second kappa shape index (κ2) is 8.84. The molecule has 2 heterocycles. The van der Waals surface area contributed by atoms with Crippen LogP contribution in [-0.4, -0.2) is 23.5 Å². The number of nitrogens with zero attached hydrogens (tertiary/aromatic N) is 3. The van der Waals surface area contributed by atoms with Crippen molar-refractivity contribution < 1.29 is 13.5 Å². The number of halogens is 1. The molecule has 0 amide bonds. The quantitative estimate of drug-likeness (QED) is 0.396. The molecule has 32 heavy (non-hydrogen) atoms. The molecule has 5 rings (SSSR count). The normalized spacial score (nSPS) is 12.1. The van der Waals surface area contributed by atoms with Gasteiger partial charge in [0.2, 0.25) is 5.89 Å². The number of hydrogen-bond donors (Lipinski definition) is 1. The van der Waals surface area contributed by atoms with E-state index in [1.165, 1.54) is 17.7 Å². The van der Waals surface area contributed by atoms with Crippen LogP contribution in [-0.2, 0) is 13.0 Å². The molecular formula is C24H19FN4O2S. The maximum Gasteiger partial charge on any atom is 0.320 e. The van der Waals surface area contributed by atoms with Gasteiger partial charge >= 0.3 is 6.01 Å². The van der Waals surface area contributed by atoms with E-state index in [-0.39, 0.29) is 11.8 Å². The topological polar surface area (TPSA) is 72.5 Å². The van der Waals surface area contributed by atoms with Gasteiger partial charge in [0.05, 0.1) is 25.8 Å². The molecule has 0 saturated carbocycles. The van der Waals surface area contributed by atoms with Crippen molar-refractivity contribution in [3.63, 3.8) is 0 Å². The molecule has 0 fully saturated rings. The molecular weight excluding hydrogens is 427 g/mol. The molecule has 0 unspecified atom stereocenters. The Hall–Kier alpha value is -3.65. The number of anilines is 2. The summed E-state index contributed by atoms with van der Waals surface area (Å²) in [5.74, 6) is 0.909. The van der Waals surface area contributed by atoms with Crippen LogP contribution in [0.4, 0.5) is 16.1 Å². The van der Waals surface area contributed by atoms with Crippen LogP contribution >= 0.6 is 11.8 Å². The van der Waals surface area contributed by atoms with Crippen LogP contribution < -0.4 is 10.1 Å². The molecule has 160 valence electrons. The fourth-order valence-electron chi connectivity index (χ4n) is 3.46. The first kappa shape index (κ1) is 20.3. The van der Waals surface area contributed by atoms with Gasteiger partial charge in [0.1, 0.15) is 11.6 Å². The molecule has 1 aromatic heterocycles. The third kappa shape index (κ3) is 4.36. The van der Waals surface area contributed by atoms with E-state index in [2.05, 4.69) is 20.5 Å². The predicted octanol–water partition coefficient (Wildman–Crippen LogP) is 5.64. The van der Waals surface area contributed by atoms with Gasteiger partial charge < -0.3 is 14.5 Å². The summed E-state index contributed by atoms with van der Waals surface area (Å²) >= 11 is 1.61. The zero-order valence-corrected chi connectivity index (χ0v) is 18.0. The highest BCUT2D eigenvalue weighted by Gasteiger charge is 2.18. The molecule has 0 bridgehead atoms. The zero-order valence-electron chi connectivity index (χ0n) is 17.2. The van der Waals surface area contributed by atoms with Crippen LogP contribution in [0.1, 0.15) is 22.6 Å². The van der Waals surface area contributed by atoms with E-state index in [9.17, 15) is 4.39 Å². The van der Waals surface area contributed by atoms with Crippen molar-refractivity contribution in [3.05, 3.63) is 89.1 Å². The lowest BCUT2D eigenvalue weighted by Gasteiger charge is -2.13. The first-order valence-electron chi connectivity index (χ1n) is 9.99. The minimum absolute atomic E-state index is 0.277. The molecule has 0 atom stereocenters. The highest BCUT2D eigenvalue weighted by atomic mass is 32.2. The largest absolute Gasteiger partial charge is 0.497 e. The average Bonchev–Trinajstić information content (AvgIpc) is 3.45. The molecule has 0 spiro atoms. The average molecular weight is 447 g/mol. The number of aliphatic imine (C=N–C) groups is 1. The van der Waals surface area contributed by atoms with E-state index in [1.54, 1.807) is 24.9 Å². The molecule has 4 aromatic rings. The second-order valence-corrected chi connectivity index (χ2v) is 8.28. The number of nitrogens with one attached hydrogen (secondary N) is 1. The molecule has 0 radical (unpaired) electrons. The van der Waals surface area contributed by atoms with Gasteiger partial charge in [-0.15, -0.1) is 5.10 Å². The lowest BCUT2D eigenvalue weighted by atomic mass is 10.1. The highest BCUT2D eigenvalue weighted by molar-refractivity contribution is 7.99. The molecule has 1 N–H and O–H groups in total. The van der Waals surface area contributed by atoms with Crippen LogP contribution in [0.3, 0.4) is 0 Å². The Morgan fingerprint density at radius 1 is 1.09 bits per heavy atom. The Morgan fingerprint density at radius 3 is 2.88 bits per heavy atom. The van der Waals surface area contributed by atoms with Gasteiger partial charge in [-0.05, 0) is 47.5 Å². The molecule has 8 heteroatoms. The van der Waals surface area contributed by atoms with Crippen molar-refractivity contribution in [2.24, 2.45) is 4.99 Å². The first-order valence-corrected chi connectivity index (χ1v) is 10.8. The van der Waals surface area contributed by atoms with Crippen LogP contribution in [0.2, 0.25) is 0 Å². The number of rotatable bonds is 7. The number of ether oxygens (including phenoxy) is 1. The number of fused-ring (bicyclic) bond motifs is 1. The molecule has 0 aliphatic carbocycles. The monoisotopic (exact) mass is 446 g/mol. The van der Waals surface area contributed by atoms with Crippen molar-refractivity contribution in [3.8, 4) is 5.75 Å². The van der Waals surface area contributed by atoms with E-state index in [0.29, 0.717) is 18.9 Å². The van der Waals surface area contributed by atoms with Crippen molar-refractivity contribution in [2.75, 3.05) is 12.4 Å². The van der Waals surface area contributed by atoms with Gasteiger partial charge in [0.15, 0.2) is 0 Å². The Kier molecular flexibility index (Phi) is 5.60. The Labute approximate surface area is 188 Å². The molecule has 0 saturated heterocycles. The van der Waals surface area contributed by atoms with Crippen LogP contribution in [0.15, 0.2) is 79.9 Å². The van der Waals surface area contributed by atoms with Gasteiger partial charge in [-0.1, -0.05) is 41.1 Å². The molecule has 1 aliphatic rings. The maximum atomic E-state index is 13.4. The van der Waals surface area contributed by atoms with Crippen LogP contribution in [0.25, 0.3) is 0 Å². The summed E-state index contributed by atoms with van der Waals surface area (Å²) in [6.45, 7) is 0.666. The Morgan fingerprint density at radius 2 is 2.00 bits per heavy atom. The van der Waals surface area contributed by atoms with Gasteiger partial charge in [0.25, 0.3) is 0 Å². The second-order valence-electron chi connectivity index (χ2n) is 7.20. The molecule has 3 aromatic carbocycles. The number of aromatic nitrogens is 2. The van der Waals surface area contributed by atoms with E-state index < -0.39 is 0 Å². The van der Waals surface area contributed by atoms with Gasteiger partial charge in [-0.25, -0.2) is 4.39 Å². The van der Waals surface area contributed by atoms with Gasteiger partial charge in [-0.2, -0.15) is 0 Å². The predicted molar refractivity (Wildman–Crippen MR) is 122 cm³/mol. The Balaban J connectivity index is 1.41. The first-order chi connectivity index (χ1) is 15.7. The number of methoxy groups -OCH3 is 1. The van der Waals surface area contributed by atoms with Crippen LogP contribution in [0, 0.1) is 5.82 Å². The smallest absolute Gasteiger partial charge is 0.320 e. The summed E-state index contributed by atoms with van der Waals surface area (Å²) < 4.78 is 24.6. The fourth-order valence-corrected chi connectivity index (χ4v) is 4.54. The summed E-state index contributed by atoms with van der Waals surface area (Å²) in [7, 11) is 1.65. The zero-order chi connectivity index (χ0) is 21.9. The molecule has 6 nitrogen and oxygen atoms in total. The molecule has 1 aliphatic heterocycles. The van der Waals surface area contributed by atoms with Crippen molar-refractivity contribution in [2.45, 2.75) is 22.8 Å². The minimum Gasteiger partial charge on any atom is -0.497 e. The summed E-state index contributed by atoms with van der Waals surface area (Å²) in [6, 6.07) is 18.6. The number of hydrogen-bond acceptors (Lipinski definition) is 7. The van der Waals surface area contributed by atoms with Crippen molar-refractivity contribution >= 4 is 29.7 Å². The van der Waals surface area contributed by atoms with Crippen molar-refractivity contribution in [1.29, 1.82) is 0 Å².